The van der Waals surface area contributed by atoms with Crippen molar-refractivity contribution in [1.82, 2.24) is 9.78 Å². The Bertz CT molecular complexity index is 834. The topological polar surface area (TPSA) is 107 Å². The third kappa shape index (κ3) is 3.68. The van der Waals surface area contributed by atoms with Crippen LogP contribution < -0.4 is 4.90 Å². The number of nitrogens with zero attached hydrogens (tertiary/aromatic N) is 5. The molecule has 0 N–H and O–H groups in total. The molecule has 9 nitrogen and oxygen atoms in total. The number of aromatic nitrogens is 2. The van der Waals surface area contributed by atoms with Crippen LogP contribution >= 0.6 is 0 Å². The quantitative estimate of drug-likeness (QED) is 0.588. The van der Waals surface area contributed by atoms with Crippen LogP contribution in [-0.4, -0.2) is 32.7 Å². The van der Waals surface area contributed by atoms with Crippen LogP contribution in [0.5, 0.6) is 0 Å². The molecule has 0 amide bonds. The van der Waals surface area contributed by atoms with E-state index < -0.39 is 38.6 Å². The lowest BCUT2D eigenvalue weighted by molar-refractivity contribution is -0.393. The van der Waals surface area contributed by atoms with Crippen LogP contribution in [0.15, 0.2) is 30.6 Å². The molecule has 0 aliphatic carbocycles. The van der Waals surface area contributed by atoms with Gasteiger partial charge in [-0.15, -0.1) is 0 Å². The molecule has 1 atom stereocenters. The van der Waals surface area contributed by atoms with Gasteiger partial charge < -0.3 is 4.90 Å². The largest absolute Gasteiger partial charge is 0.416 e. The first kappa shape index (κ1) is 18.6. The van der Waals surface area contributed by atoms with Crippen LogP contribution in [0.4, 0.5) is 30.2 Å². The van der Waals surface area contributed by atoms with E-state index >= 15 is 0 Å². The number of anilines is 1. The molecule has 144 valence electrons. The number of hydrogen-bond acceptors (Lipinski definition) is 6. The SMILES string of the molecule is O=[N+]([O-])c1cc(C(F)(F)F)cc([N+](=O)[O-])c1N1CCCC(n2cccn2)C1. The van der Waals surface area contributed by atoms with Gasteiger partial charge in [0.25, 0.3) is 11.4 Å². The van der Waals surface area contributed by atoms with Crippen LogP contribution in [0.1, 0.15) is 24.4 Å². The number of piperidine rings is 1. The van der Waals surface area contributed by atoms with Gasteiger partial charge in [-0.3, -0.25) is 24.9 Å². The number of halogens is 3. The van der Waals surface area contributed by atoms with Gasteiger partial charge in [0, 0.05) is 37.6 Å². The maximum Gasteiger partial charge on any atom is 0.416 e. The molecule has 1 fully saturated rings. The summed E-state index contributed by atoms with van der Waals surface area (Å²) >= 11 is 0. The summed E-state index contributed by atoms with van der Waals surface area (Å²) in [6, 6.07) is 2.19. The molecule has 2 heterocycles. The minimum atomic E-state index is -4.94. The Morgan fingerprint density at radius 2 is 1.78 bits per heavy atom. The Labute approximate surface area is 150 Å². The van der Waals surface area contributed by atoms with Crippen LogP contribution in [0.3, 0.4) is 0 Å². The van der Waals surface area contributed by atoms with E-state index in [9.17, 15) is 33.4 Å². The van der Waals surface area contributed by atoms with Crippen LogP contribution in [0.2, 0.25) is 0 Å². The Kier molecular flexibility index (Phi) is 4.72. The molecule has 2 aromatic rings. The second-order valence-corrected chi connectivity index (χ2v) is 6.10. The molecule has 1 aliphatic rings. The summed E-state index contributed by atoms with van der Waals surface area (Å²) in [6.45, 7) is 0.416. The monoisotopic (exact) mass is 385 g/mol. The molecule has 1 aromatic carbocycles. The summed E-state index contributed by atoms with van der Waals surface area (Å²) in [4.78, 5) is 22.2. The normalized spacial score (nSPS) is 17.7. The molecule has 3 rings (SSSR count). The average molecular weight is 385 g/mol. The molecule has 1 saturated heterocycles. The number of nitro groups is 2. The van der Waals surface area contributed by atoms with Crippen molar-refractivity contribution in [2.75, 3.05) is 18.0 Å². The lowest BCUT2D eigenvalue weighted by Crippen LogP contribution is -2.37. The van der Waals surface area contributed by atoms with Crippen molar-refractivity contribution in [3.8, 4) is 0 Å². The number of rotatable bonds is 4. The molecular weight excluding hydrogens is 371 g/mol. The maximum atomic E-state index is 13.0. The average Bonchev–Trinajstić information content (AvgIpc) is 3.14. The van der Waals surface area contributed by atoms with Gasteiger partial charge in [0.05, 0.1) is 21.5 Å². The molecular formula is C15H14F3N5O4. The van der Waals surface area contributed by atoms with Crippen molar-refractivity contribution in [2.24, 2.45) is 0 Å². The Hall–Kier alpha value is -3.18. The molecule has 1 unspecified atom stereocenters. The molecule has 1 aromatic heterocycles. The first-order valence-corrected chi connectivity index (χ1v) is 7.96. The van der Waals surface area contributed by atoms with Crippen molar-refractivity contribution in [2.45, 2.75) is 25.1 Å². The highest BCUT2D eigenvalue weighted by molar-refractivity contribution is 5.76. The van der Waals surface area contributed by atoms with Crippen LogP contribution in [0.25, 0.3) is 0 Å². The summed E-state index contributed by atoms with van der Waals surface area (Å²) in [5.41, 5.74) is -3.70. The third-order valence-electron chi connectivity index (χ3n) is 4.40. The summed E-state index contributed by atoms with van der Waals surface area (Å²) in [6.07, 6.45) is -0.431. The Morgan fingerprint density at radius 3 is 2.26 bits per heavy atom. The Balaban J connectivity index is 2.10. The molecule has 0 spiro atoms. The van der Waals surface area contributed by atoms with Gasteiger partial charge in [-0.05, 0) is 18.9 Å². The first-order valence-electron chi connectivity index (χ1n) is 7.96. The number of nitro benzene ring substituents is 2. The fraction of sp³-hybridized carbons (Fsp3) is 0.400. The van der Waals surface area contributed by atoms with Gasteiger partial charge in [-0.1, -0.05) is 0 Å². The van der Waals surface area contributed by atoms with Crippen LogP contribution in [0, 0.1) is 20.2 Å². The minimum Gasteiger partial charge on any atom is -0.358 e. The summed E-state index contributed by atoms with van der Waals surface area (Å²) < 4.78 is 40.7. The fourth-order valence-electron chi connectivity index (χ4n) is 3.24. The predicted molar refractivity (Wildman–Crippen MR) is 87.5 cm³/mol. The van der Waals surface area contributed by atoms with E-state index in [0.717, 1.165) is 0 Å². The van der Waals surface area contributed by atoms with Gasteiger partial charge in [0.15, 0.2) is 5.69 Å². The van der Waals surface area contributed by atoms with Crippen molar-refractivity contribution in [3.63, 3.8) is 0 Å². The molecule has 0 saturated carbocycles. The van der Waals surface area contributed by atoms with E-state index in [-0.39, 0.29) is 19.1 Å². The molecule has 0 radical (unpaired) electrons. The van der Waals surface area contributed by atoms with Crippen LogP contribution in [-0.2, 0) is 6.18 Å². The minimum absolute atomic E-state index is 0.161. The highest BCUT2D eigenvalue weighted by Gasteiger charge is 2.40. The predicted octanol–water partition coefficient (Wildman–Crippen LogP) is 3.56. The van der Waals surface area contributed by atoms with Gasteiger partial charge in [-0.25, -0.2) is 0 Å². The van der Waals surface area contributed by atoms with E-state index in [0.29, 0.717) is 25.0 Å². The van der Waals surface area contributed by atoms with Gasteiger partial charge in [0.1, 0.15) is 0 Å². The standard InChI is InChI=1S/C15H14F3N5O4/c16-15(17,18)10-7-12(22(24)25)14(13(8-10)23(26)27)20-5-1-3-11(9-20)21-6-2-4-19-21/h2,4,6-8,11H,1,3,5,9H2. The van der Waals surface area contributed by atoms with Gasteiger partial charge in [0.2, 0.25) is 0 Å². The third-order valence-corrected chi connectivity index (χ3v) is 4.40. The van der Waals surface area contributed by atoms with Gasteiger partial charge >= 0.3 is 6.18 Å². The fourth-order valence-corrected chi connectivity index (χ4v) is 3.24. The molecule has 1 aliphatic heterocycles. The second kappa shape index (κ2) is 6.85. The number of alkyl halides is 3. The number of benzene rings is 1. The zero-order valence-electron chi connectivity index (χ0n) is 13.8. The summed E-state index contributed by atoms with van der Waals surface area (Å²) in [5.74, 6) is 0. The van der Waals surface area contributed by atoms with E-state index in [1.807, 2.05) is 0 Å². The lowest BCUT2D eigenvalue weighted by Gasteiger charge is -2.33. The van der Waals surface area contributed by atoms with Crippen molar-refractivity contribution in [1.29, 1.82) is 0 Å². The smallest absolute Gasteiger partial charge is 0.358 e. The lowest BCUT2D eigenvalue weighted by atomic mass is 10.0. The Morgan fingerprint density at radius 1 is 1.15 bits per heavy atom. The van der Waals surface area contributed by atoms with Crippen molar-refractivity contribution in [3.05, 3.63) is 56.4 Å². The van der Waals surface area contributed by atoms with E-state index in [2.05, 4.69) is 5.10 Å². The highest BCUT2D eigenvalue weighted by Crippen LogP contribution is 2.44. The van der Waals surface area contributed by atoms with Crippen molar-refractivity contribution < 1.29 is 23.0 Å². The number of hydrogen-bond donors (Lipinski definition) is 0. The van der Waals surface area contributed by atoms with Crippen molar-refractivity contribution >= 4 is 17.1 Å². The highest BCUT2D eigenvalue weighted by atomic mass is 19.4. The van der Waals surface area contributed by atoms with Gasteiger partial charge in [-0.2, -0.15) is 18.3 Å². The van der Waals surface area contributed by atoms with E-state index in [1.54, 1.807) is 23.1 Å². The molecule has 0 bridgehead atoms. The zero-order valence-corrected chi connectivity index (χ0v) is 13.8. The van der Waals surface area contributed by atoms with E-state index in [4.69, 9.17) is 0 Å². The zero-order chi connectivity index (χ0) is 19.8. The first-order chi connectivity index (χ1) is 12.7. The second-order valence-electron chi connectivity index (χ2n) is 6.10. The summed E-state index contributed by atoms with van der Waals surface area (Å²) in [5, 5.41) is 26.9. The molecule has 27 heavy (non-hydrogen) atoms. The summed E-state index contributed by atoms with van der Waals surface area (Å²) in [7, 11) is 0. The molecule has 12 heteroatoms. The van der Waals surface area contributed by atoms with E-state index in [1.165, 1.54) is 4.90 Å². The maximum absolute atomic E-state index is 13.0.